The molecule has 2 aromatic rings. The van der Waals surface area contributed by atoms with E-state index in [0.29, 0.717) is 24.1 Å². The molecule has 2 amide bonds. The lowest BCUT2D eigenvalue weighted by Crippen LogP contribution is -2.44. The third-order valence-corrected chi connectivity index (χ3v) is 5.65. The fourth-order valence-corrected chi connectivity index (χ4v) is 4.52. The Labute approximate surface area is 149 Å². The molecule has 8 heteroatoms. The summed E-state index contributed by atoms with van der Waals surface area (Å²) in [7, 11) is 0. The van der Waals surface area contributed by atoms with E-state index in [4.69, 9.17) is 5.73 Å². The van der Waals surface area contributed by atoms with Gasteiger partial charge in [0, 0.05) is 17.7 Å². The number of aryl methyl sites for hydroxylation is 3. The van der Waals surface area contributed by atoms with Gasteiger partial charge in [-0.2, -0.15) is 0 Å². The fraction of sp³-hybridized carbons (Fsp3) is 0.529. The smallest absolute Gasteiger partial charge is 0.259 e. The highest BCUT2D eigenvalue weighted by molar-refractivity contribution is 7.18. The number of aromatic amines is 1. The minimum atomic E-state index is -0.646. The number of hydrogen-bond acceptors (Lipinski definition) is 5. The first-order chi connectivity index (χ1) is 12.0. The van der Waals surface area contributed by atoms with Crippen LogP contribution in [0.3, 0.4) is 0 Å². The van der Waals surface area contributed by atoms with Crippen LogP contribution in [0.15, 0.2) is 4.79 Å². The van der Waals surface area contributed by atoms with Crippen LogP contribution in [0, 0.1) is 0 Å². The van der Waals surface area contributed by atoms with Crippen molar-refractivity contribution in [2.75, 3.05) is 0 Å². The summed E-state index contributed by atoms with van der Waals surface area (Å²) in [5, 5.41) is 3.35. The van der Waals surface area contributed by atoms with Gasteiger partial charge < -0.3 is 16.0 Å². The molecule has 2 heterocycles. The fourth-order valence-electron chi connectivity index (χ4n) is 3.24. The van der Waals surface area contributed by atoms with Gasteiger partial charge in [0.15, 0.2) is 0 Å². The zero-order valence-electron chi connectivity index (χ0n) is 14.2. The molecular weight excluding hydrogens is 340 g/mol. The maximum Gasteiger partial charge on any atom is 0.259 e. The van der Waals surface area contributed by atoms with Crippen molar-refractivity contribution in [3.63, 3.8) is 0 Å². The molecule has 134 valence electrons. The lowest BCUT2D eigenvalue weighted by Gasteiger charge is -2.14. The maximum atomic E-state index is 12.4. The van der Waals surface area contributed by atoms with E-state index in [2.05, 4.69) is 15.3 Å². The summed E-state index contributed by atoms with van der Waals surface area (Å²) in [4.78, 5) is 45.0. The average Bonchev–Trinajstić information content (AvgIpc) is 3.12. The minimum Gasteiger partial charge on any atom is -0.368 e. The summed E-state index contributed by atoms with van der Waals surface area (Å²) < 4.78 is 0. The molecule has 0 saturated heterocycles. The van der Waals surface area contributed by atoms with E-state index in [1.807, 2.05) is 6.92 Å². The normalized spacial score (nSPS) is 14.4. The molecule has 0 aromatic carbocycles. The minimum absolute atomic E-state index is 0.124. The molecule has 0 saturated carbocycles. The number of H-pyrrole nitrogens is 1. The van der Waals surface area contributed by atoms with Gasteiger partial charge in [0.05, 0.1) is 5.39 Å². The first-order valence-electron chi connectivity index (χ1n) is 8.61. The molecule has 1 atom stereocenters. The Morgan fingerprint density at radius 2 is 2.20 bits per heavy atom. The lowest BCUT2D eigenvalue weighted by atomic mass is 10.1. The Morgan fingerprint density at radius 3 is 2.92 bits per heavy atom. The quantitative estimate of drug-likeness (QED) is 0.685. The highest BCUT2D eigenvalue weighted by Crippen LogP contribution is 2.34. The van der Waals surface area contributed by atoms with Crippen LogP contribution < -0.4 is 16.6 Å². The highest BCUT2D eigenvalue weighted by atomic mass is 32.1. The van der Waals surface area contributed by atoms with Gasteiger partial charge >= 0.3 is 0 Å². The van der Waals surface area contributed by atoms with Crippen LogP contribution >= 0.6 is 11.3 Å². The van der Waals surface area contributed by atoms with Crippen molar-refractivity contribution in [1.29, 1.82) is 0 Å². The van der Waals surface area contributed by atoms with E-state index in [1.165, 1.54) is 4.88 Å². The summed E-state index contributed by atoms with van der Waals surface area (Å²) in [5.74, 6) is -0.302. The van der Waals surface area contributed by atoms with Crippen LogP contribution in [-0.4, -0.2) is 27.8 Å². The average molecular weight is 362 g/mol. The second kappa shape index (κ2) is 7.35. The van der Waals surface area contributed by atoms with Crippen LogP contribution in [0.25, 0.3) is 10.2 Å². The first kappa shape index (κ1) is 17.6. The van der Waals surface area contributed by atoms with Crippen molar-refractivity contribution in [1.82, 2.24) is 15.3 Å². The third kappa shape index (κ3) is 3.73. The van der Waals surface area contributed by atoms with Crippen molar-refractivity contribution in [3.05, 3.63) is 26.6 Å². The zero-order valence-corrected chi connectivity index (χ0v) is 15.0. The highest BCUT2D eigenvalue weighted by Gasteiger charge is 2.21. The molecule has 3 rings (SSSR count). The second-order valence-electron chi connectivity index (χ2n) is 6.36. The van der Waals surface area contributed by atoms with Gasteiger partial charge in [-0.25, -0.2) is 4.98 Å². The van der Waals surface area contributed by atoms with E-state index in [9.17, 15) is 14.4 Å². The zero-order chi connectivity index (χ0) is 18.0. The number of primary amides is 1. The summed E-state index contributed by atoms with van der Waals surface area (Å²) in [6.45, 7) is 1.92. The molecule has 0 aliphatic heterocycles. The first-order valence-corrected chi connectivity index (χ1v) is 9.43. The number of carbonyl (C=O) groups is 2. The van der Waals surface area contributed by atoms with E-state index in [1.54, 1.807) is 11.3 Å². The number of amides is 2. The maximum absolute atomic E-state index is 12.4. The molecular formula is C17H22N4O3S. The van der Waals surface area contributed by atoms with Gasteiger partial charge in [-0.1, -0.05) is 13.3 Å². The molecule has 7 nitrogen and oxygen atoms in total. The summed E-state index contributed by atoms with van der Waals surface area (Å²) in [5.41, 5.74) is 6.30. The van der Waals surface area contributed by atoms with Gasteiger partial charge in [0.25, 0.3) is 5.56 Å². The van der Waals surface area contributed by atoms with Crippen molar-refractivity contribution >= 4 is 33.4 Å². The van der Waals surface area contributed by atoms with E-state index >= 15 is 0 Å². The summed E-state index contributed by atoms with van der Waals surface area (Å²) in [6, 6.07) is -0.646. The van der Waals surface area contributed by atoms with Crippen LogP contribution in [-0.2, 0) is 28.9 Å². The van der Waals surface area contributed by atoms with Crippen molar-refractivity contribution in [2.24, 2.45) is 5.73 Å². The van der Waals surface area contributed by atoms with Gasteiger partial charge in [-0.3, -0.25) is 14.4 Å². The molecule has 0 radical (unpaired) electrons. The number of hydrogen-bond donors (Lipinski definition) is 3. The van der Waals surface area contributed by atoms with Crippen LogP contribution in [0.5, 0.6) is 0 Å². The molecule has 4 N–H and O–H groups in total. The van der Waals surface area contributed by atoms with Crippen LogP contribution in [0.1, 0.15) is 48.9 Å². The van der Waals surface area contributed by atoms with Crippen molar-refractivity contribution in [3.8, 4) is 0 Å². The lowest BCUT2D eigenvalue weighted by molar-refractivity contribution is -0.127. The molecule has 25 heavy (non-hydrogen) atoms. The predicted octanol–water partition coefficient (Wildman–Crippen LogP) is 1.18. The van der Waals surface area contributed by atoms with Gasteiger partial charge in [-0.15, -0.1) is 11.3 Å². The topological polar surface area (TPSA) is 118 Å². The predicted molar refractivity (Wildman–Crippen MR) is 96.6 cm³/mol. The number of rotatable bonds is 7. The summed E-state index contributed by atoms with van der Waals surface area (Å²) in [6.07, 6.45) is 4.78. The van der Waals surface area contributed by atoms with E-state index in [-0.39, 0.29) is 17.9 Å². The van der Waals surface area contributed by atoms with Gasteiger partial charge in [0.2, 0.25) is 11.8 Å². The number of fused-ring (bicyclic) bond motifs is 3. The van der Waals surface area contributed by atoms with Crippen LogP contribution in [0.4, 0.5) is 0 Å². The Balaban J connectivity index is 1.68. The standard InChI is InChI=1S/C17H22N4O3S/c1-2-4-10(15(18)23)19-13(22)8-7-12-20-16(24)14-9-5-3-6-11(9)25-17(14)21-12/h10H,2-8H2,1H3,(H2,18,23)(H,19,22)(H,20,21,24)/t10-/m0/s1. The second-order valence-corrected chi connectivity index (χ2v) is 7.44. The number of aromatic nitrogens is 2. The monoisotopic (exact) mass is 362 g/mol. The number of thiophene rings is 1. The molecule has 0 fully saturated rings. The van der Waals surface area contributed by atoms with Crippen LogP contribution in [0.2, 0.25) is 0 Å². The molecule has 1 aliphatic rings. The third-order valence-electron chi connectivity index (χ3n) is 4.47. The van der Waals surface area contributed by atoms with Gasteiger partial charge in [-0.05, 0) is 31.2 Å². The SMILES string of the molecule is CCC[C@H](NC(=O)CCc1nc2sc3c(c2c(=O)[nH]1)CCC3)C(N)=O. The molecule has 1 aliphatic carbocycles. The Bertz CT molecular complexity index is 871. The molecule has 0 spiro atoms. The van der Waals surface area contributed by atoms with Gasteiger partial charge in [0.1, 0.15) is 16.7 Å². The molecule has 2 aromatic heterocycles. The Hall–Kier alpha value is -2.22. The number of nitrogens with two attached hydrogens (primary N) is 1. The number of nitrogens with zero attached hydrogens (tertiary/aromatic N) is 1. The summed E-state index contributed by atoms with van der Waals surface area (Å²) >= 11 is 1.58. The van der Waals surface area contributed by atoms with Crippen molar-refractivity contribution in [2.45, 2.75) is 57.9 Å². The van der Waals surface area contributed by atoms with E-state index in [0.717, 1.165) is 36.1 Å². The van der Waals surface area contributed by atoms with Crippen molar-refractivity contribution < 1.29 is 9.59 Å². The molecule has 0 bridgehead atoms. The Kier molecular flexibility index (Phi) is 5.17. The molecule has 0 unspecified atom stereocenters. The number of nitrogens with one attached hydrogen (secondary N) is 2. The van der Waals surface area contributed by atoms with E-state index < -0.39 is 11.9 Å². The largest absolute Gasteiger partial charge is 0.368 e. The number of carbonyl (C=O) groups excluding carboxylic acids is 2. The Morgan fingerprint density at radius 1 is 1.40 bits per heavy atom.